The van der Waals surface area contributed by atoms with Crippen LogP contribution in [-0.2, 0) is 11.3 Å². The van der Waals surface area contributed by atoms with Crippen LogP contribution in [0.3, 0.4) is 0 Å². The standard InChI is InChI=1S/C14H23N3O2/c1-10(2)6-7-16-14(18)9-19-13-5-4-11(3)17-12(13)8-15/h4-5,10H,6-9,15H2,1-3H3,(H,16,18). The van der Waals surface area contributed by atoms with Gasteiger partial charge in [-0.15, -0.1) is 0 Å². The van der Waals surface area contributed by atoms with E-state index in [2.05, 4.69) is 24.1 Å². The number of nitrogens with zero attached hydrogens (tertiary/aromatic N) is 1. The van der Waals surface area contributed by atoms with Crippen molar-refractivity contribution in [3.63, 3.8) is 0 Å². The number of nitrogens with one attached hydrogen (secondary N) is 1. The zero-order valence-electron chi connectivity index (χ0n) is 11.9. The second-order valence-corrected chi connectivity index (χ2v) is 4.92. The molecular formula is C14H23N3O2. The first-order valence-corrected chi connectivity index (χ1v) is 6.59. The highest BCUT2D eigenvalue weighted by Gasteiger charge is 2.07. The van der Waals surface area contributed by atoms with E-state index in [9.17, 15) is 4.79 Å². The highest BCUT2D eigenvalue weighted by atomic mass is 16.5. The van der Waals surface area contributed by atoms with Crippen LogP contribution < -0.4 is 15.8 Å². The number of hydrogen-bond acceptors (Lipinski definition) is 4. The number of amides is 1. The van der Waals surface area contributed by atoms with Crippen molar-refractivity contribution in [1.82, 2.24) is 10.3 Å². The van der Waals surface area contributed by atoms with Crippen molar-refractivity contribution < 1.29 is 9.53 Å². The van der Waals surface area contributed by atoms with Gasteiger partial charge in [-0.05, 0) is 31.4 Å². The molecule has 1 aromatic rings. The fraction of sp³-hybridized carbons (Fsp3) is 0.571. The van der Waals surface area contributed by atoms with Gasteiger partial charge in [-0.3, -0.25) is 9.78 Å². The molecule has 1 aromatic heterocycles. The number of ether oxygens (including phenoxy) is 1. The summed E-state index contributed by atoms with van der Waals surface area (Å²) in [5, 5.41) is 2.82. The van der Waals surface area contributed by atoms with E-state index in [0.29, 0.717) is 30.5 Å². The molecule has 1 rings (SSSR count). The molecule has 0 unspecified atom stereocenters. The molecule has 0 spiro atoms. The summed E-state index contributed by atoms with van der Waals surface area (Å²) in [4.78, 5) is 15.8. The van der Waals surface area contributed by atoms with Crippen LogP contribution >= 0.6 is 0 Å². The second-order valence-electron chi connectivity index (χ2n) is 4.92. The summed E-state index contributed by atoms with van der Waals surface area (Å²) in [6, 6.07) is 3.64. The number of pyridine rings is 1. The van der Waals surface area contributed by atoms with E-state index in [1.165, 1.54) is 0 Å². The first-order chi connectivity index (χ1) is 9.02. The Morgan fingerprint density at radius 2 is 2.21 bits per heavy atom. The normalized spacial score (nSPS) is 10.6. The van der Waals surface area contributed by atoms with Gasteiger partial charge < -0.3 is 15.8 Å². The van der Waals surface area contributed by atoms with E-state index >= 15 is 0 Å². The minimum Gasteiger partial charge on any atom is -0.482 e. The molecule has 0 aliphatic rings. The predicted octanol–water partition coefficient (Wildman–Crippen LogP) is 1.39. The lowest BCUT2D eigenvalue weighted by Crippen LogP contribution is -2.30. The third-order valence-electron chi connectivity index (χ3n) is 2.67. The predicted molar refractivity (Wildman–Crippen MR) is 74.8 cm³/mol. The zero-order valence-corrected chi connectivity index (χ0v) is 11.9. The molecule has 0 fully saturated rings. The number of aromatic nitrogens is 1. The SMILES string of the molecule is Cc1ccc(OCC(=O)NCCC(C)C)c(CN)n1. The maximum Gasteiger partial charge on any atom is 0.257 e. The third-order valence-corrected chi connectivity index (χ3v) is 2.67. The lowest BCUT2D eigenvalue weighted by molar-refractivity contribution is -0.123. The monoisotopic (exact) mass is 265 g/mol. The van der Waals surface area contributed by atoms with Crippen molar-refractivity contribution in [2.24, 2.45) is 11.7 Å². The van der Waals surface area contributed by atoms with E-state index in [-0.39, 0.29) is 12.5 Å². The smallest absolute Gasteiger partial charge is 0.257 e. The molecule has 0 atom stereocenters. The molecule has 5 nitrogen and oxygen atoms in total. The Hall–Kier alpha value is -1.62. The minimum absolute atomic E-state index is 0.00413. The molecule has 1 heterocycles. The largest absolute Gasteiger partial charge is 0.482 e. The van der Waals surface area contributed by atoms with Gasteiger partial charge in [-0.25, -0.2) is 0 Å². The van der Waals surface area contributed by atoms with Crippen LogP contribution in [0.2, 0.25) is 0 Å². The van der Waals surface area contributed by atoms with Gasteiger partial charge in [0.05, 0.1) is 5.69 Å². The first kappa shape index (κ1) is 15.4. The third kappa shape index (κ3) is 5.70. The molecule has 0 bridgehead atoms. The van der Waals surface area contributed by atoms with Gasteiger partial charge >= 0.3 is 0 Å². The number of hydrogen-bond donors (Lipinski definition) is 2. The lowest BCUT2D eigenvalue weighted by atomic mass is 10.1. The Kier molecular flexibility index (Phi) is 6.29. The summed E-state index contributed by atoms with van der Waals surface area (Å²) >= 11 is 0. The van der Waals surface area contributed by atoms with Crippen molar-refractivity contribution in [2.75, 3.05) is 13.2 Å². The topological polar surface area (TPSA) is 77.2 Å². The van der Waals surface area contributed by atoms with Gasteiger partial charge in [0.15, 0.2) is 6.61 Å². The number of carbonyl (C=O) groups excluding carboxylic acids is 1. The fourth-order valence-corrected chi connectivity index (χ4v) is 1.57. The molecule has 0 aliphatic heterocycles. The molecule has 0 aromatic carbocycles. The van der Waals surface area contributed by atoms with Crippen LogP contribution in [0.5, 0.6) is 5.75 Å². The van der Waals surface area contributed by atoms with E-state index in [0.717, 1.165) is 12.1 Å². The lowest BCUT2D eigenvalue weighted by Gasteiger charge is -2.11. The Bertz CT molecular complexity index is 419. The molecule has 106 valence electrons. The van der Waals surface area contributed by atoms with Gasteiger partial charge in [0.25, 0.3) is 5.91 Å². The number of rotatable bonds is 7. The molecule has 0 aliphatic carbocycles. The maximum absolute atomic E-state index is 11.6. The quantitative estimate of drug-likeness (QED) is 0.781. The zero-order chi connectivity index (χ0) is 14.3. The van der Waals surface area contributed by atoms with E-state index < -0.39 is 0 Å². The van der Waals surface area contributed by atoms with Gasteiger partial charge in [-0.2, -0.15) is 0 Å². The highest BCUT2D eigenvalue weighted by molar-refractivity contribution is 5.77. The molecule has 3 N–H and O–H groups in total. The van der Waals surface area contributed by atoms with Crippen LogP contribution in [0, 0.1) is 12.8 Å². The van der Waals surface area contributed by atoms with Crippen LogP contribution in [0.4, 0.5) is 0 Å². The van der Waals surface area contributed by atoms with Crippen LogP contribution in [0.25, 0.3) is 0 Å². The Balaban J connectivity index is 2.41. The minimum atomic E-state index is -0.121. The Labute approximate surface area is 114 Å². The summed E-state index contributed by atoms with van der Waals surface area (Å²) in [5.74, 6) is 1.03. The van der Waals surface area contributed by atoms with Gasteiger partial charge in [0, 0.05) is 18.8 Å². The Morgan fingerprint density at radius 1 is 1.47 bits per heavy atom. The van der Waals surface area contributed by atoms with Crippen molar-refractivity contribution in [3.8, 4) is 5.75 Å². The van der Waals surface area contributed by atoms with Gasteiger partial charge in [0.1, 0.15) is 5.75 Å². The van der Waals surface area contributed by atoms with E-state index in [1.54, 1.807) is 6.07 Å². The summed E-state index contributed by atoms with van der Waals surface area (Å²) in [7, 11) is 0. The van der Waals surface area contributed by atoms with E-state index in [1.807, 2.05) is 13.0 Å². The average Bonchev–Trinajstić information content (AvgIpc) is 2.36. The molecule has 0 saturated heterocycles. The summed E-state index contributed by atoms with van der Waals surface area (Å²) in [5.41, 5.74) is 7.16. The van der Waals surface area contributed by atoms with Crippen LogP contribution in [0.1, 0.15) is 31.7 Å². The van der Waals surface area contributed by atoms with Gasteiger partial charge in [-0.1, -0.05) is 13.8 Å². The maximum atomic E-state index is 11.6. The molecule has 5 heteroatoms. The highest BCUT2D eigenvalue weighted by Crippen LogP contribution is 2.15. The molecule has 19 heavy (non-hydrogen) atoms. The summed E-state index contributed by atoms with van der Waals surface area (Å²) in [6.45, 7) is 7.10. The van der Waals surface area contributed by atoms with Gasteiger partial charge in [0.2, 0.25) is 0 Å². The molecule has 0 radical (unpaired) electrons. The first-order valence-electron chi connectivity index (χ1n) is 6.59. The van der Waals surface area contributed by atoms with Crippen molar-refractivity contribution >= 4 is 5.91 Å². The fourth-order valence-electron chi connectivity index (χ4n) is 1.57. The Morgan fingerprint density at radius 3 is 2.84 bits per heavy atom. The number of carbonyl (C=O) groups is 1. The average molecular weight is 265 g/mol. The summed E-state index contributed by atoms with van der Waals surface area (Å²) < 4.78 is 5.45. The van der Waals surface area contributed by atoms with Crippen molar-refractivity contribution in [3.05, 3.63) is 23.5 Å². The second kappa shape index (κ2) is 7.74. The van der Waals surface area contributed by atoms with Crippen molar-refractivity contribution in [2.45, 2.75) is 33.7 Å². The molecule has 0 saturated carbocycles. The van der Waals surface area contributed by atoms with Crippen molar-refractivity contribution in [1.29, 1.82) is 0 Å². The molecular weight excluding hydrogens is 242 g/mol. The summed E-state index contributed by atoms with van der Waals surface area (Å²) in [6.07, 6.45) is 0.964. The van der Waals surface area contributed by atoms with Crippen LogP contribution in [0.15, 0.2) is 12.1 Å². The molecule has 1 amide bonds. The number of nitrogens with two attached hydrogens (primary N) is 1. The van der Waals surface area contributed by atoms with E-state index in [4.69, 9.17) is 10.5 Å². The van der Waals surface area contributed by atoms with Crippen LogP contribution in [-0.4, -0.2) is 24.0 Å². The number of aryl methyl sites for hydroxylation is 1.